The van der Waals surface area contributed by atoms with Gasteiger partial charge in [-0.3, -0.25) is 4.79 Å². The fourth-order valence-corrected chi connectivity index (χ4v) is 3.75. The highest BCUT2D eigenvalue weighted by atomic mass is 19.1. The Balaban J connectivity index is 1.70. The Labute approximate surface area is 177 Å². The number of ether oxygens (including phenoxy) is 1. The molecule has 1 saturated carbocycles. The van der Waals surface area contributed by atoms with Gasteiger partial charge in [-0.25, -0.2) is 19.0 Å². The smallest absolute Gasteiger partial charge is 0.408 e. The zero-order valence-corrected chi connectivity index (χ0v) is 17.6. The van der Waals surface area contributed by atoms with Gasteiger partial charge in [-0.05, 0) is 58.1 Å². The number of hydrogen-bond donors (Lipinski definition) is 2. The van der Waals surface area contributed by atoms with Gasteiger partial charge >= 0.3 is 12.1 Å². The summed E-state index contributed by atoms with van der Waals surface area (Å²) in [6.07, 6.45) is 5.25. The first-order chi connectivity index (χ1) is 14.5. The molecule has 31 heavy (non-hydrogen) atoms. The summed E-state index contributed by atoms with van der Waals surface area (Å²) in [4.78, 5) is 40.5. The van der Waals surface area contributed by atoms with Crippen molar-refractivity contribution < 1.29 is 23.8 Å². The van der Waals surface area contributed by atoms with E-state index in [1.54, 1.807) is 31.4 Å². The van der Waals surface area contributed by atoms with Crippen molar-refractivity contribution in [3.8, 4) is 0 Å². The lowest BCUT2D eigenvalue weighted by Gasteiger charge is -2.21. The Bertz CT molecular complexity index is 1170. The molecule has 8 nitrogen and oxygen atoms in total. The summed E-state index contributed by atoms with van der Waals surface area (Å²) in [7, 11) is 0. The van der Waals surface area contributed by atoms with Gasteiger partial charge in [-0.1, -0.05) is 6.08 Å². The molecule has 1 unspecified atom stereocenters. The third-order valence-electron chi connectivity index (χ3n) is 5.26. The zero-order valence-electron chi connectivity index (χ0n) is 17.6. The molecule has 0 aliphatic heterocycles. The molecule has 0 radical (unpaired) electrons. The minimum atomic E-state index is -1.35. The normalized spacial score (nSPS) is 18.7. The largest absolute Gasteiger partial charge is 0.477 e. The van der Waals surface area contributed by atoms with Crippen LogP contribution in [0, 0.1) is 5.82 Å². The van der Waals surface area contributed by atoms with Gasteiger partial charge in [-0.2, -0.15) is 0 Å². The van der Waals surface area contributed by atoms with E-state index in [2.05, 4.69) is 10.3 Å². The molecule has 2 aromatic heterocycles. The molecule has 4 rings (SSSR count). The van der Waals surface area contributed by atoms with Gasteiger partial charge in [0.05, 0.1) is 11.4 Å². The fourth-order valence-electron chi connectivity index (χ4n) is 3.75. The SMILES string of the molecule is CC(C)(C)OC(=O)NC1C=C(c2nc3c(cc2F)c(=O)c(C(=O)O)cn3C2CC2)CC1. The van der Waals surface area contributed by atoms with Crippen molar-refractivity contribution in [3.63, 3.8) is 0 Å². The summed E-state index contributed by atoms with van der Waals surface area (Å²) < 4.78 is 21.9. The van der Waals surface area contributed by atoms with Crippen molar-refractivity contribution in [3.05, 3.63) is 45.6 Å². The van der Waals surface area contributed by atoms with Gasteiger partial charge in [0.2, 0.25) is 5.43 Å². The third-order valence-corrected chi connectivity index (χ3v) is 5.26. The molecule has 2 aromatic rings. The third kappa shape index (κ3) is 4.30. The summed E-state index contributed by atoms with van der Waals surface area (Å²) in [6, 6.07) is 0.800. The zero-order chi connectivity index (χ0) is 22.5. The molecule has 0 spiro atoms. The summed E-state index contributed by atoms with van der Waals surface area (Å²) in [6.45, 7) is 5.31. The second kappa shape index (κ2) is 7.47. The quantitative estimate of drug-likeness (QED) is 0.768. The molecule has 1 fully saturated rings. The maximum Gasteiger partial charge on any atom is 0.408 e. The van der Waals surface area contributed by atoms with Crippen molar-refractivity contribution >= 4 is 28.7 Å². The van der Waals surface area contributed by atoms with Crippen LogP contribution < -0.4 is 10.7 Å². The van der Waals surface area contributed by atoms with E-state index in [-0.39, 0.29) is 28.8 Å². The summed E-state index contributed by atoms with van der Waals surface area (Å²) in [5, 5.41) is 12.0. The molecule has 2 aliphatic rings. The number of halogens is 1. The molecule has 2 aliphatic carbocycles. The summed E-state index contributed by atoms with van der Waals surface area (Å²) in [5.74, 6) is -2.04. The minimum Gasteiger partial charge on any atom is -0.477 e. The minimum absolute atomic E-state index is 0.0462. The number of carbonyl (C=O) groups is 2. The Morgan fingerprint density at radius 3 is 2.61 bits per heavy atom. The summed E-state index contributed by atoms with van der Waals surface area (Å²) in [5.41, 5.74) is -0.756. The highest BCUT2D eigenvalue weighted by Gasteiger charge is 2.29. The number of allylic oxidation sites excluding steroid dienone is 1. The van der Waals surface area contributed by atoms with Crippen LogP contribution in [0.15, 0.2) is 23.1 Å². The molecule has 1 amide bonds. The molecule has 164 valence electrons. The van der Waals surface area contributed by atoms with Gasteiger partial charge in [0.25, 0.3) is 0 Å². The van der Waals surface area contributed by atoms with Crippen molar-refractivity contribution in [1.82, 2.24) is 14.9 Å². The Morgan fingerprint density at radius 1 is 1.29 bits per heavy atom. The van der Waals surface area contributed by atoms with Crippen LogP contribution in [-0.4, -0.2) is 38.4 Å². The number of aromatic nitrogens is 2. The topological polar surface area (TPSA) is 111 Å². The number of aromatic carboxylic acids is 1. The first-order valence-corrected chi connectivity index (χ1v) is 10.2. The first-order valence-electron chi connectivity index (χ1n) is 10.2. The van der Waals surface area contributed by atoms with Crippen LogP contribution in [0.25, 0.3) is 16.6 Å². The first kappa shape index (κ1) is 21.0. The monoisotopic (exact) mass is 429 g/mol. The Kier molecular flexibility index (Phi) is 5.07. The Hall–Kier alpha value is -3.23. The molecule has 1 atom stereocenters. The molecule has 0 bridgehead atoms. The van der Waals surface area contributed by atoms with Crippen LogP contribution in [0.1, 0.15) is 68.5 Å². The number of carboxylic acids is 1. The lowest BCUT2D eigenvalue weighted by Crippen LogP contribution is -2.37. The highest BCUT2D eigenvalue weighted by molar-refractivity contribution is 5.92. The van der Waals surface area contributed by atoms with E-state index in [0.29, 0.717) is 18.4 Å². The maximum absolute atomic E-state index is 14.9. The molecule has 0 aromatic carbocycles. The van der Waals surface area contributed by atoms with Gasteiger partial charge < -0.3 is 19.7 Å². The number of pyridine rings is 2. The number of nitrogens with one attached hydrogen (secondary N) is 1. The van der Waals surface area contributed by atoms with E-state index >= 15 is 0 Å². The van der Waals surface area contributed by atoms with E-state index in [4.69, 9.17) is 4.74 Å². The van der Waals surface area contributed by atoms with Crippen LogP contribution >= 0.6 is 0 Å². The number of nitrogens with zero attached hydrogens (tertiary/aromatic N) is 2. The van der Waals surface area contributed by atoms with Crippen molar-refractivity contribution in [1.29, 1.82) is 0 Å². The number of fused-ring (bicyclic) bond motifs is 1. The van der Waals surface area contributed by atoms with Gasteiger partial charge in [0.1, 0.15) is 28.3 Å². The van der Waals surface area contributed by atoms with Crippen LogP contribution in [0.4, 0.5) is 9.18 Å². The van der Waals surface area contributed by atoms with Gasteiger partial charge in [0, 0.05) is 12.2 Å². The molecule has 2 N–H and O–H groups in total. The van der Waals surface area contributed by atoms with Crippen molar-refractivity contribution in [2.24, 2.45) is 0 Å². The second-order valence-electron chi connectivity index (χ2n) is 8.99. The standard InChI is InChI=1S/C22H24FN3O5/c1-22(2,3)31-21(30)24-12-5-4-11(8-12)17-16(23)9-14-18(27)15(20(28)29)10-26(13-6-7-13)19(14)25-17/h8-10,12-13H,4-7H2,1-3H3,(H,24,30)(H,28,29). The number of rotatable bonds is 4. The van der Waals surface area contributed by atoms with Crippen molar-refractivity contribution in [2.75, 3.05) is 0 Å². The van der Waals surface area contributed by atoms with E-state index in [9.17, 15) is 23.9 Å². The molecule has 2 heterocycles. The maximum atomic E-state index is 14.9. The lowest BCUT2D eigenvalue weighted by atomic mass is 10.1. The summed E-state index contributed by atoms with van der Waals surface area (Å²) >= 11 is 0. The molecule has 9 heteroatoms. The lowest BCUT2D eigenvalue weighted by molar-refractivity contribution is 0.0513. The van der Waals surface area contributed by atoms with Crippen LogP contribution in [0.2, 0.25) is 0 Å². The van der Waals surface area contributed by atoms with Gasteiger partial charge in [0.15, 0.2) is 0 Å². The molecular weight excluding hydrogens is 405 g/mol. The average molecular weight is 429 g/mol. The number of carbonyl (C=O) groups excluding carboxylic acids is 1. The average Bonchev–Trinajstić information content (AvgIpc) is 3.39. The van der Waals surface area contributed by atoms with E-state index in [1.165, 1.54) is 6.20 Å². The molecular formula is C22H24FN3O5. The predicted octanol–water partition coefficient (Wildman–Crippen LogP) is 3.64. The highest BCUT2D eigenvalue weighted by Crippen LogP contribution is 2.37. The number of hydrogen-bond acceptors (Lipinski definition) is 5. The van der Waals surface area contributed by atoms with Gasteiger partial charge in [-0.15, -0.1) is 0 Å². The van der Waals surface area contributed by atoms with Crippen LogP contribution in [0.3, 0.4) is 0 Å². The Morgan fingerprint density at radius 2 is 2.00 bits per heavy atom. The van der Waals surface area contributed by atoms with E-state index < -0.39 is 34.5 Å². The predicted molar refractivity (Wildman–Crippen MR) is 112 cm³/mol. The number of amides is 1. The number of carboxylic acid groups (broad SMARTS) is 1. The van der Waals surface area contributed by atoms with E-state index in [0.717, 1.165) is 18.9 Å². The fraction of sp³-hybridized carbons (Fsp3) is 0.455. The number of alkyl carbamates (subject to hydrolysis) is 1. The molecule has 0 saturated heterocycles. The van der Waals surface area contributed by atoms with E-state index in [1.807, 2.05) is 0 Å². The van der Waals surface area contributed by atoms with Crippen LogP contribution in [0.5, 0.6) is 0 Å². The second-order valence-corrected chi connectivity index (χ2v) is 8.99. The van der Waals surface area contributed by atoms with Crippen molar-refractivity contribution in [2.45, 2.75) is 64.1 Å². The van der Waals surface area contributed by atoms with Crippen LogP contribution in [-0.2, 0) is 4.74 Å².